The molecule has 4 N–H and O–H groups in total. The first kappa shape index (κ1) is 26.8. The fourth-order valence-corrected chi connectivity index (χ4v) is 5.04. The van der Waals surface area contributed by atoms with Gasteiger partial charge in [-0.05, 0) is 49.9 Å². The van der Waals surface area contributed by atoms with Gasteiger partial charge in [-0.2, -0.15) is 4.98 Å². The summed E-state index contributed by atoms with van der Waals surface area (Å²) in [7, 11) is 0. The Hall–Kier alpha value is -3.84. The molecule has 3 fully saturated rings. The summed E-state index contributed by atoms with van der Waals surface area (Å²) in [5.74, 6) is -0.264. The van der Waals surface area contributed by atoms with Crippen LogP contribution in [-0.4, -0.2) is 96.5 Å². The second kappa shape index (κ2) is 12.3. The quantitative estimate of drug-likeness (QED) is 0.457. The van der Waals surface area contributed by atoms with Crippen LogP contribution < -0.4 is 21.3 Å². The van der Waals surface area contributed by atoms with E-state index in [4.69, 9.17) is 15.2 Å². The van der Waals surface area contributed by atoms with Crippen LogP contribution in [0, 0.1) is 5.92 Å². The van der Waals surface area contributed by atoms with Gasteiger partial charge >= 0.3 is 0 Å². The maximum Gasteiger partial charge on any atom is 0.273 e. The molecule has 0 spiro atoms. The number of hydrogen-bond donors (Lipinski definition) is 3. The molecule has 1 atom stereocenters. The molecule has 3 aliphatic heterocycles. The van der Waals surface area contributed by atoms with Gasteiger partial charge in [0, 0.05) is 62.6 Å². The average Bonchev–Trinajstić information content (AvgIpc) is 2.98. The number of hydrogen-bond acceptors (Lipinski definition) is 10. The van der Waals surface area contributed by atoms with E-state index in [0.29, 0.717) is 69.8 Å². The number of morpholine rings is 1. The van der Waals surface area contributed by atoms with Gasteiger partial charge in [0.15, 0.2) is 11.5 Å². The van der Waals surface area contributed by atoms with Crippen LogP contribution in [0.5, 0.6) is 0 Å². The first-order chi connectivity index (χ1) is 19.0. The number of aromatic nitrogens is 3. The lowest BCUT2D eigenvalue weighted by Crippen LogP contribution is -2.50. The summed E-state index contributed by atoms with van der Waals surface area (Å²) in [6, 6.07) is 6.87. The fraction of sp³-hybridized carbons (Fsp3) is 0.538. The highest BCUT2D eigenvalue weighted by Gasteiger charge is 2.28. The van der Waals surface area contributed by atoms with Gasteiger partial charge in [0.1, 0.15) is 0 Å². The van der Waals surface area contributed by atoms with E-state index in [2.05, 4.69) is 25.8 Å². The van der Waals surface area contributed by atoms with Crippen LogP contribution in [-0.2, 0) is 14.3 Å². The third-order valence-corrected chi connectivity index (χ3v) is 7.24. The standard InChI is InChI=1S/C26H34N8O5/c27-22(35)21-23(28-19-5-3-18(4-6-19)25(37)33-10-14-39-15-11-33)30-26(32-31-21)34-9-1-2-20(16-34)29-24(36)17-7-12-38-13-8-17/h3-6,17,20H,1-2,7-16H2,(H2,27,35)(H,29,36)(H,28,30,32). The summed E-state index contributed by atoms with van der Waals surface area (Å²) in [5.41, 5.74) is 6.62. The third-order valence-electron chi connectivity index (χ3n) is 7.24. The predicted molar refractivity (Wildman–Crippen MR) is 142 cm³/mol. The van der Waals surface area contributed by atoms with Crippen molar-refractivity contribution in [2.24, 2.45) is 11.7 Å². The highest BCUT2D eigenvalue weighted by Crippen LogP contribution is 2.23. The molecule has 3 aliphatic rings. The van der Waals surface area contributed by atoms with Crippen molar-refractivity contribution in [2.45, 2.75) is 31.7 Å². The molecule has 3 saturated heterocycles. The zero-order chi connectivity index (χ0) is 27.2. The molecular weight excluding hydrogens is 504 g/mol. The zero-order valence-corrected chi connectivity index (χ0v) is 21.8. The monoisotopic (exact) mass is 538 g/mol. The molecule has 5 rings (SSSR count). The molecule has 208 valence electrons. The molecule has 0 saturated carbocycles. The molecule has 1 aromatic heterocycles. The number of primary amides is 1. The maximum atomic E-state index is 12.7. The van der Waals surface area contributed by atoms with Gasteiger partial charge in [0.2, 0.25) is 11.9 Å². The Morgan fingerprint density at radius 2 is 1.64 bits per heavy atom. The summed E-state index contributed by atoms with van der Waals surface area (Å²) in [6.07, 6.45) is 3.18. The normalized spacial score (nSPS) is 20.4. The van der Waals surface area contributed by atoms with E-state index in [9.17, 15) is 14.4 Å². The van der Waals surface area contributed by atoms with E-state index in [1.165, 1.54) is 0 Å². The molecule has 4 heterocycles. The Morgan fingerprint density at radius 3 is 2.36 bits per heavy atom. The number of rotatable bonds is 7. The van der Waals surface area contributed by atoms with Crippen LogP contribution in [0.1, 0.15) is 46.5 Å². The van der Waals surface area contributed by atoms with Crippen LogP contribution in [0.15, 0.2) is 24.3 Å². The van der Waals surface area contributed by atoms with Crippen molar-refractivity contribution >= 4 is 35.2 Å². The number of carbonyl (C=O) groups excluding carboxylic acids is 3. The molecule has 0 aliphatic carbocycles. The number of amides is 3. The number of anilines is 3. The summed E-state index contributed by atoms with van der Waals surface area (Å²) >= 11 is 0. The Balaban J connectivity index is 1.26. The zero-order valence-electron chi connectivity index (χ0n) is 21.8. The van der Waals surface area contributed by atoms with Crippen LogP contribution in [0.4, 0.5) is 17.5 Å². The number of ether oxygens (including phenoxy) is 2. The van der Waals surface area contributed by atoms with Gasteiger partial charge in [-0.25, -0.2) is 0 Å². The smallest absolute Gasteiger partial charge is 0.273 e. The summed E-state index contributed by atoms with van der Waals surface area (Å²) in [5, 5.41) is 14.5. The molecule has 1 aromatic carbocycles. The Morgan fingerprint density at radius 1 is 0.923 bits per heavy atom. The number of piperidine rings is 1. The van der Waals surface area contributed by atoms with E-state index in [0.717, 1.165) is 25.7 Å². The highest BCUT2D eigenvalue weighted by molar-refractivity contribution is 5.97. The van der Waals surface area contributed by atoms with Crippen LogP contribution in [0.3, 0.4) is 0 Å². The van der Waals surface area contributed by atoms with Crippen molar-refractivity contribution in [3.05, 3.63) is 35.5 Å². The second-order valence-electron chi connectivity index (χ2n) is 9.96. The molecule has 0 bridgehead atoms. The Labute approximate surface area is 226 Å². The third kappa shape index (κ3) is 6.60. The van der Waals surface area contributed by atoms with E-state index in [1.54, 1.807) is 29.2 Å². The first-order valence-corrected chi connectivity index (χ1v) is 13.4. The van der Waals surface area contributed by atoms with Crippen molar-refractivity contribution in [1.29, 1.82) is 0 Å². The minimum absolute atomic E-state index is 0.0201. The number of nitrogens with two attached hydrogens (primary N) is 1. The molecule has 13 nitrogen and oxygen atoms in total. The molecule has 39 heavy (non-hydrogen) atoms. The van der Waals surface area contributed by atoms with E-state index >= 15 is 0 Å². The number of carbonyl (C=O) groups is 3. The van der Waals surface area contributed by atoms with Gasteiger partial charge in [-0.3, -0.25) is 14.4 Å². The van der Waals surface area contributed by atoms with Crippen molar-refractivity contribution in [3.63, 3.8) is 0 Å². The van der Waals surface area contributed by atoms with Crippen molar-refractivity contribution < 1.29 is 23.9 Å². The van der Waals surface area contributed by atoms with Gasteiger partial charge in [-0.1, -0.05) is 0 Å². The van der Waals surface area contributed by atoms with E-state index in [-0.39, 0.29) is 35.3 Å². The van der Waals surface area contributed by atoms with Crippen LogP contribution in [0.2, 0.25) is 0 Å². The molecule has 3 amide bonds. The molecular formula is C26H34N8O5. The second-order valence-corrected chi connectivity index (χ2v) is 9.96. The van der Waals surface area contributed by atoms with Crippen LogP contribution in [0.25, 0.3) is 0 Å². The molecule has 1 unspecified atom stereocenters. The minimum Gasteiger partial charge on any atom is -0.381 e. The lowest BCUT2D eigenvalue weighted by molar-refractivity contribution is -0.128. The highest BCUT2D eigenvalue weighted by atomic mass is 16.5. The van der Waals surface area contributed by atoms with Gasteiger partial charge in [0.25, 0.3) is 11.8 Å². The summed E-state index contributed by atoms with van der Waals surface area (Å²) in [6.45, 7) is 4.64. The number of nitrogens with one attached hydrogen (secondary N) is 2. The lowest BCUT2D eigenvalue weighted by Gasteiger charge is -2.34. The topological polar surface area (TPSA) is 165 Å². The van der Waals surface area contributed by atoms with E-state index < -0.39 is 5.91 Å². The molecule has 2 aromatic rings. The Kier molecular flexibility index (Phi) is 8.47. The van der Waals surface area contributed by atoms with Crippen molar-refractivity contribution in [2.75, 3.05) is 62.8 Å². The van der Waals surface area contributed by atoms with Crippen LogP contribution >= 0.6 is 0 Å². The Bertz CT molecular complexity index is 1180. The molecule has 13 heteroatoms. The van der Waals surface area contributed by atoms with Gasteiger partial charge < -0.3 is 35.6 Å². The lowest BCUT2D eigenvalue weighted by atomic mass is 9.98. The maximum absolute atomic E-state index is 12.7. The SMILES string of the molecule is NC(=O)c1nnc(N2CCCC(NC(=O)C3CCOCC3)C2)nc1Nc1ccc(C(=O)N2CCOCC2)cc1. The summed E-state index contributed by atoms with van der Waals surface area (Å²) < 4.78 is 10.7. The number of nitrogens with zero attached hydrogens (tertiary/aromatic N) is 5. The van der Waals surface area contributed by atoms with E-state index in [1.807, 2.05) is 4.90 Å². The summed E-state index contributed by atoms with van der Waals surface area (Å²) in [4.78, 5) is 45.8. The van der Waals surface area contributed by atoms with Crippen molar-refractivity contribution in [1.82, 2.24) is 25.4 Å². The average molecular weight is 539 g/mol. The number of benzene rings is 1. The predicted octanol–water partition coefficient (Wildman–Crippen LogP) is 0.698. The van der Waals surface area contributed by atoms with Gasteiger partial charge in [-0.15, -0.1) is 10.2 Å². The first-order valence-electron chi connectivity index (χ1n) is 13.4. The van der Waals surface area contributed by atoms with Crippen molar-refractivity contribution in [3.8, 4) is 0 Å². The van der Waals surface area contributed by atoms with Gasteiger partial charge in [0.05, 0.1) is 13.2 Å². The minimum atomic E-state index is -0.761. The fourth-order valence-electron chi connectivity index (χ4n) is 5.04. The molecule has 0 radical (unpaired) electrons. The largest absolute Gasteiger partial charge is 0.381 e.